The van der Waals surface area contributed by atoms with E-state index in [1.165, 1.54) is 12.1 Å². The van der Waals surface area contributed by atoms with Crippen LogP contribution >= 0.6 is 50.7 Å². The van der Waals surface area contributed by atoms with Crippen molar-refractivity contribution in [3.8, 4) is 11.6 Å². The highest BCUT2D eigenvalue weighted by Crippen LogP contribution is 2.36. The molecule has 0 spiro atoms. The topological polar surface area (TPSA) is 48.1 Å². The molecule has 1 aromatic carbocycles. The number of rotatable bonds is 2. The highest BCUT2D eigenvalue weighted by atomic mass is 79.9. The second-order valence-electron chi connectivity index (χ2n) is 3.35. The Morgan fingerprint density at radius 1 is 1.06 bits per heavy atom. The number of aromatic nitrogens is 1. The Bertz CT molecular complexity index is 607. The van der Waals surface area contributed by atoms with Crippen LogP contribution in [0.25, 0.3) is 0 Å². The van der Waals surface area contributed by atoms with Gasteiger partial charge in [-0.1, -0.05) is 34.8 Å². The summed E-state index contributed by atoms with van der Waals surface area (Å²) in [5.74, 6) is 0.589. The highest BCUT2D eigenvalue weighted by molar-refractivity contribution is 9.10. The minimum absolute atomic E-state index is 0.241. The Morgan fingerprint density at radius 2 is 1.72 bits per heavy atom. The van der Waals surface area contributed by atoms with E-state index >= 15 is 0 Å². The van der Waals surface area contributed by atoms with Crippen molar-refractivity contribution < 1.29 is 4.74 Å². The van der Waals surface area contributed by atoms with Crippen molar-refractivity contribution in [2.75, 3.05) is 5.73 Å². The zero-order valence-electron chi connectivity index (χ0n) is 8.75. The Kier molecular flexibility index (Phi) is 4.22. The van der Waals surface area contributed by atoms with E-state index in [0.29, 0.717) is 26.5 Å². The summed E-state index contributed by atoms with van der Waals surface area (Å²) < 4.78 is 6.25. The van der Waals surface area contributed by atoms with Gasteiger partial charge in [-0.05, 0) is 28.1 Å². The number of hydrogen-bond acceptors (Lipinski definition) is 3. The molecule has 2 N–H and O–H groups in total. The fourth-order valence-corrected chi connectivity index (χ4v) is 2.21. The lowest BCUT2D eigenvalue weighted by atomic mass is 10.3. The molecule has 0 aliphatic carbocycles. The number of hydrogen-bond donors (Lipinski definition) is 1. The first-order valence-electron chi connectivity index (χ1n) is 4.71. The average Bonchev–Trinajstić information content (AvgIpc) is 2.29. The lowest BCUT2D eigenvalue weighted by Gasteiger charge is -2.10. The summed E-state index contributed by atoms with van der Waals surface area (Å²) in [5.41, 5.74) is 6.12. The first-order chi connectivity index (χ1) is 8.47. The van der Waals surface area contributed by atoms with Crippen molar-refractivity contribution in [3.05, 3.63) is 43.9 Å². The first kappa shape index (κ1) is 13.7. The van der Waals surface area contributed by atoms with Crippen LogP contribution in [0.15, 0.2) is 28.9 Å². The van der Waals surface area contributed by atoms with Gasteiger partial charge in [0.2, 0.25) is 5.88 Å². The third-order valence-corrected chi connectivity index (χ3v) is 3.46. The van der Waals surface area contributed by atoms with E-state index in [2.05, 4.69) is 20.9 Å². The summed E-state index contributed by atoms with van der Waals surface area (Å²) in [6, 6.07) is 4.68. The molecule has 0 aliphatic heterocycles. The number of nitrogen functional groups attached to an aromatic ring is 1. The van der Waals surface area contributed by atoms with E-state index in [9.17, 15) is 0 Å². The molecular formula is C11H6BrCl3N2O. The number of halogens is 4. The van der Waals surface area contributed by atoms with Gasteiger partial charge >= 0.3 is 0 Å². The number of nitrogens with zero attached hydrogens (tertiary/aromatic N) is 1. The summed E-state index contributed by atoms with van der Waals surface area (Å²) in [4.78, 5) is 4.03. The fourth-order valence-electron chi connectivity index (χ4n) is 1.21. The molecule has 2 aromatic rings. The molecule has 0 radical (unpaired) electrons. The van der Waals surface area contributed by atoms with Gasteiger partial charge in [0.1, 0.15) is 5.02 Å². The molecule has 0 amide bonds. The molecule has 94 valence electrons. The van der Waals surface area contributed by atoms with Gasteiger partial charge < -0.3 is 10.5 Å². The molecular weight excluding hydrogens is 362 g/mol. The lowest BCUT2D eigenvalue weighted by Crippen LogP contribution is -1.94. The van der Waals surface area contributed by atoms with E-state index in [4.69, 9.17) is 45.3 Å². The molecule has 0 atom stereocenters. The molecule has 1 aromatic heterocycles. The number of pyridine rings is 1. The van der Waals surface area contributed by atoms with Gasteiger partial charge in [-0.2, -0.15) is 0 Å². The van der Waals surface area contributed by atoms with Gasteiger partial charge in [0.25, 0.3) is 0 Å². The molecule has 0 saturated carbocycles. The molecule has 0 aliphatic rings. The van der Waals surface area contributed by atoms with Crippen LogP contribution in [0.2, 0.25) is 15.1 Å². The zero-order chi connectivity index (χ0) is 13.3. The number of anilines is 1. The minimum Gasteiger partial charge on any atom is -0.435 e. The van der Waals surface area contributed by atoms with Crippen LogP contribution in [-0.2, 0) is 0 Å². The van der Waals surface area contributed by atoms with Crippen molar-refractivity contribution in [3.63, 3.8) is 0 Å². The van der Waals surface area contributed by atoms with Crippen LogP contribution in [0.5, 0.6) is 11.6 Å². The third-order valence-electron chi connectivity index (χ3n) is 2.03. The van der Waals surface area contributed by atoms with Crippen LogP contribution in [0.3, 0.4) is 0 Å². The van der Waals surface area contributed by atoms with Crippen molar-refractivity contribution in [1.29, 1.82) is 0 Å². The van der Waals surface area contributed by atoms with Gasteiger partial charge in [-0.15, -0.1) is 0 Å². The Labute approximate surface area is 127 Å². The summed E-state index contributed by atoms with van der Waals surface area (Å²) in [7, 11) is 0. The van der Waals surface area contributed by atoms with Gasteiger partial charge in [-0.3, -0.25) is 0 Å². The highest BCUT2D eigenvalue weighted by Gasteiger charge is 2.10. The molecule has 2 rings (SSSR count). The Hall–Kier alpha value is -0.680. The first-order valence-corrected chi connectivity index (χ1v) is 6.63. The molecule has 0 saturated heterocycles. The maximum atomic E-state index is 5.99. The third kappa shape index (κ3) is 3.01. The van der Waals surface area contributed by atoms with Crippen LogP contribution in [0.1, 0.15) is 0 Å². The molecule has 7 heteroatoms. The van der Waals surface area contributed by atoms with Crippen molar-refractivity contribution in [2.24, 2.45) is 0 Å². The quantitative estimate of drug-likeness (QED) is 0.743. The summed E-state index contributed by atoms with van der Waals surface area (Å²) >= 11 is 21.0. The van der Waals surface area contributed by atoms with E-state index in [1.54, 1.807) is 12.3 Å². The zero-order valence-corrected chi connectivity index (χ0v) is 12.6. The Morgan fingerprint density at radius 3 is 2.39 bits per heavy atom. The van der Waals surface area contributed by atoms with Crippen LogP contribution < -0.4 is 10.5 Å². The van der Waals surface area contributed by atoms with Crippen molar-refractivity contribution in [2.45, 2.75) is 0 Å². The number of benzene rings is 1. The Balaban J connectivity index is 2.37. The summed E-state index contributed by atoms with van der Waals surface area (Å²) in [6.45, 7) is 0. The second kappa shape index (κ2) is 5.53. The SMILES string of the molecule is Nc1cc(Cl)c(Cl)cc1Oc1ncc(Br)cc1Cl. The maximum Gasteiger partial charge on any atom is 0.238 e. The number of nitrogens with two attached hydrogens (primary N) is 1. The smallest absolute Gasteiger partial charge is 0.238 e. The van der Waals surface area contributed by atoms with Crippen LogP contribution in [-0.4, -0.2) is 4.98 Å². The molecule has 1 heterocycles. The summed E-state index contributed by atoms with van der Waals surface area (Å²) in [6.07, 6.45) is 1.56. The predicted octanol–water partition coefficient (Wildman–Crippen LogP) is 5.18. The minimum atomic E-state index is 0.241. The molecule has 3 nitrogen and oxygen atoms in total. The molecule has 0 fully saturated rings. The standard InChI is InChI=1S/C11H6BrCl3N2O/c12-5-1-8(15)11(17-4-5)18-10-3-7(14)6(13)2-9(10)16/h1-4H,16H2. The molecule has 0 bridgehead atoms. The van der Waals surface area contributed by atoms with E-state index in [-0.39, 0.29) is 5.88 Å². The van der Waals surface area contributed by atoms with Gasteiger partial charge in [0, 0.05) is 16.7 Å². The van der Waals surface area contributed by atoms with Gasteiger partial charge in [0.05, 0.1) is 15.7 Å². The van der Waals surface area contributed by atoms with E-state index < -0.39 is 0 Å². The largest absolute Gasteiger partial charge is 0.435 e. The van der Waals surface area contributed by atoms with E-state index in [0.717, 1.165) is 4.47 Å². The van der Waals surface area contributed by atoms with Gasteiger partial charge in [-0.25, -0.2) is 4.98 Å². The second-order valence-corrected chi connectivity index (χ2v) is 5.48. The molecule has 0 unspecified atom stereocenters. The summed E-state index contributed by atoms with van der Waals surface area (Å²) in [5, 5.41) is 1.06. The lowest BCUT2D eigenvalue weighted by molar-refractivity contribution is 0.465. The fraction of sp³-hybridized carbons (Fsp3) is 0. The van der Waals surface area contributed by atoms with E-state index in [1.807, 2.05) is 0 Å². The predicted molar refractivity (Wildman–Crippen MR) is 77.9 cm³/mol. The van der Waals surface area contributed by atoms with Crippen molar-refractivity contribution in [1.82, 2.24) is 4.98 Å². The van der Waals surface area contributed by atoms with Gasteiger partial charge in [0.15, 0.2) is 5.75 Å². The maximum absolute atomic E-state index is 5.99. The van der Waals surface area contributed by atoms with Crippen molar-refractivity contribution >= 4 is 56.4 Å². The normalized spacial score (nSPS) is 10.4. The average molecular weight is 368 g/mol. The number of ether oxygens (including phenoxy) is 1. The van der Waals surface area contributed by atoms with Crippen LogP contribution in [0, 0.1) is 0 Å². The molecule has 18 heavy (non-hydrogen) atoms. The van der Waals surface area contributed by atoms with Crippen LogP contribution in [0.4, 0.5) is 5.69 Å². The monoisotopic (exact) mass is 366 g/mol.